The van der Waals surface area contributed by atoms with E-state index < -0.39 is 0 Å². The van der Waals surface area contributed by atoms with E-state index in [4.69, 9.17) is 5.26 Å². The van der Waals surface area contributed by atoms with Gasteiger partial charge in [-0.3, -0.25) is 0 Å². The largest absolute Gasteiger partial charge is 0.302 e. The highest BCUT2D eigenvalue weighted by Gasteiger charge is 2.30. The van der Waals surface area contributed by atoms with Crippen LogP contribution in [0.2, 0.25) is 0 Å². The minimum Gasteiger partial charge on any atom is -0.302 e. The Labute approximate surface area is 81.5 Å². The molecule has 0 amide bonds. The highest BCUT2D eigenvalue weighted by molar-refractivity contribution is 4.99. The first-order chi connectivity index (χ1) is 6.06. The third-order valence-electron chi connectivity index (χ3n) is 2.67. The van der Waals surface area contributed by atoms with E-state index >= 15 is 0 Å². The molecular formula is C11H20N2. The van der Waals surface area contributed by atoms with E-state index in [1.165, 1.54) is 13.0 Å². The van der Waals surface area contributed by atoms with Crippen molar-refractivity contribution in [3.8, 4) is 6.07 Å². The van der Waals surface area contributed by atoms with Gasteiger partial charge >= 0.3 is 0 Å². The number of nitriles is 1. The van der Waals surface area contributed by atoms with E-state index in [1.807, 2.05) is 0 Å². The first kappa shape index (κ1) is 10.5. The fraction of sp³-hybridized carbons (Fsp3) is 0.909. The summed E-state index contributed by atoms with van der Waals surface area (Å²) in [6.07, 6.45) is 2.24. The van der Waals surface area contributed by atoms with Gasteiger partial charge in [0.05, 0.1) is 11.5 Å². The van der Waals surface area contributed by atoms with Gasteiger partial charge in [-0.15, -0.1) is 0 Å². The lowest BCUT2D eigenvalue weighted by Crippen LogP contribution is -2.42. The molecule has 2 heteroatoms. The Morgan fingerprint density at radius 2 is 2.23 bits per heavy atom. The molecule has 2 nitrogen and oxygen atoms in total. The quantitative estimate of drug-likeness (QED) is 0.652. The van der Waals surface area contributed by atoms with Gasteiger partial charge in [0.15, 0.2) is 0 Å². The maximum absolute atomic E-state index is 9.03. The molecule has 1 atom stereocenters. The molecule has 1 fully saturated rings. The van der Waals surface area contributed by atoms with Crippen LogP contribution < -0.4 is 0 Å². The molecule has 0 aromatic carbocycles. The van der Waals surface area contributed by atoms with Crippen molar-refractivity contribution in [1.82, 2.24) is 4.90 Å². The van der Waals surface area contributed by atoms with Gasteiger partial charge in [-0.25, -0.2) is 0 Å². The van der Waals surface area contributed by atoms with E-state index in [-0.39, 0.29) is 5.41 Å². The third kappa shape index (κ3) is 3.00. The van der Waals surface area contributed by atoms with Crippen LogP contribution in [0.5, 0.6) is 0 Å². The molecule has 0 bridgehead atoms. The second-order valence-corrected chi connectivity index (χ2v) is 4.90. The maximum Gasteiger partial charge on any atom is 0.0700 e. The van der Waals surface area contributed by atoms with Crippen LogP contribution in [0.3, 0.4) is 0 Å². The zero-order valence-corrected chi connectivity index (χ0v) is 9.01. The molecule has 0 unspecified atom stereocenters. The molecule has 1 aliphatic heterocycles. The number of hydrogen-bond acceptors (Lipinski definition) is 2. The Kier molecular flexibility index (Phi) is 3.33. The van der Waals surface area contributed by atoms with E-state index in [2.05, 4.69) is 31.7 Å². The van der Waals surface area contributed by atoms with E-state index in [0.29, 0.717) is 5.92 Å². The molecule has 1 saturated heterocycles. The maximum atomic E-state index is 9.03. The SMILES string of the molecule is CC(C)CN1CCC[C@@](C)(C#N)C1. The predicted octanol–water partition coefficient (Wildman–Crippen LogP) is 2.27. The van der Waals surface area contributed by atoms with Crippen LogP contribution >= 0.6 is 0 Å². The lowest BCUT2D eigenvalue weighted by Gasteiger charge is -2.36. The van der Waals surface area contributed by atoms with Crippen molar-refractivity contribution >= 4 is 0 Å². The summed E-state index contributed by atoms with van der Waals surface area (Å²) in [6, 6.07) is 2.44. The van der Waals surface area contributed by atoms with Crippen molar-refractivity contribution in [2.24, 2.45) is 11.3 Å². The molecule has 0 N–H and O–H groups in total. The summed E-state index contributed by atoms with van der Waals surface area (Å²) in [5, 5.41) is 9.03. The van der Waals surface area contributed by atoms with Crippen LogP contribution in [0, 0.1) is 22.7 Å². The summed E-state index contributed by atoms with van der Waals surface area (Å²) >= 11 is 0. The Morgan fingerprint density at radius 3 is 2.77 bits per heavy atom. The van der Waals surface area contributed by atoms with Gasteiger partial charge in [-0.1, -0.05) is 13.8 Å². The fourth-order valence-electron chi connectivity index (χ4n) is 2.11. The molecule has 1 aliphatic rings. The monoisotopic (exact) mass is 180 g/mol. The van der Waals surface area contributed by atoms with Crippen molar-refractivity contribution < 1.29 is 0 Å². The van der Waals surface area contributed by atoms with Gasteiger partial charge in [0.1, 0.15) is 0 Å². The fourth-order valence-corrected chi connectivity index (χ4v) is 2.11. The molecule has 1 heterocycles. The van der Waals surface area contributed by atoms with Gasteiger partial charge in [0, 0.05) is 13.1 Å². The van der Waals surface area contributed by atoms with Gasteiger partial charge < -0.3 is 4.90 Å². The lowest BCUT2D eigenvalue weighted by atomic mass is 9.83. The Hall–Kier alpha value is -0.550. The predicted molar refractivity (Wildman–Crippen MR) is 54.2 cm³/mol. The molecule has 0 saturated carbocycles. The lowest BCUT2D eigenvalue weighted by molar-refractivity contribution is 0.130. The average molecular weight is 180 g/mol. The summed E-state index contributed by atoms with van der Waals surface area (Å²) in [4.78, 5) is 2.43. The van der Waals surface area contributed by atoms with Crippen molar-refractivity contribution in [3.63, 3.8) is 0 Å². The number of rotatable bonds is 2. The Morgan fingerprint density at radius 1 is 1.54 bits per heavy atom. The molecular weight excluding hydrogens is 160 g/mol. The van der Waals surface area contributed by atoms with Crippen LogP contribution in [-0.2, 0) is 0 Å². The summed E-state index contributed by atoms with van der Waals surface area (Å²) in [7, 11) is 0. The minimum atomic E-state index is -0.0901. The molecule has 0 spiro atoms. The van der Waals surface area contributed by atoms with E-state index in [9.17, 15) is 0 Å². The van der Waals surface area contributed by atoms with Gasteiger partial charge in [0.25, 0.3) is 0 Å². The van der Waals surface area contributed by atoms with Crippen LogP contribution in [-0.4, -0.2) is 24.5 Å². The van der Waals surface area contributed by atoms with Crippen molar-refractivity contribution in [2.75, 3.05) is 19.6 Å². The third-order valence-corrected chi connectivity index (χ3v) is 2.67. The molecule has 0 radical (unpaired) electrons. The summed E-state index contributed by atoms with van der Waals surface area (Å²) < 4.78 is 0. The van der Waals surface area contributed by atoms with Crippen molar-refractivity contribution in [1.29, 1.82) is 5.26 Å². The van der Waals surface area contributed by atoms with Gasteiger partial charge in [-0.05, 0) is 32.2 Å². The van der Waals surface area contributed by atoms with E-state index in [0.717, 1.165) is 19.5 Å². The highest BCUT2D eigenvalue weighted by Crippen LogP contribution is 2.28. The van der Waals surface area contributed by atoms with Crippen molar-refractivity contribution in [2.45, 2.75) is 33.6 Å². The van der Waals surface area contributed by atoms with Crippen LogP contribution in [0.25, 0.3) is 0 Å². The van der Waals surface area contributed by atoms with Crippen LogP contribution in [0.4, 0.5) is 0 Å². The highest BCUT2D eigenvalue weighted by atomic mass is 15.1. The summed E-state index contributed by atoms with van der Waals surface area (Å²) in [5.74, 6) is 0.709. The Bertz CT molecular complexity index is 205. The van der Waals surface area contributed by atoms with Crippen LogP contribution in [0.15, 0.2) is 0 Å². The first-order valence-electron chi connectivity index (χ1n) is 5.19. The number of likely N-dealkylation sites (tertiary alicyclic amines) is 1. The molecule has 0 aromatic rings. The molecule has 0 aliphatic carbocycles. The topological polar surface area (TPSA) is 27.0 Å². The molecule has 0 aromatic heterocycles. The zero-order chi connectivity index (χ0) is 9.90. The summed E-state index contributed by atoms with van der Waals surface area (Å²) in [5.41, 5.74) is -0.0901. The standard InChI is InChI=1S/C11H20N2/c1-10(2)7-13-6-4-5-11(3,8-12)9-13/h10H,4-7,9H2,1-3H3/t11-/m0/s1. The zero-order valence-electron chi connectivity index (χ0n) is 9.01. The Balaban J connectivity index is 2.48. The molecule has 74 valence electrons. The minimum absolute atomic E-state index is 0.0901. The van der Waals surface area contributed by atoms with Crippen molar-refractivity contribution in [3.05, 3.63) is 0 Å². The number of piperidine rings is 1. The first-order valence-corrected chi connectivity index (χ1v) is 5.19. The van der Waals surface area contributed by atoms with Crippen LogP contribution in [0.1, 0.15) is 33.6 Å². The second-order valence-electron chi connectivity index (χ2n) is 4.90. The molecule has 13 heavy (non-hydrogen) atoms. The smallest absolute Gasteiger partial charge is 0.0700 e. The van der Waals surface area contributed by atoms with Gasteiger partial charge in [-0.2, -0.15) is 5.26 Å². The molecule has 1 rings (SSSR count). The number of nitrogens with zero attached hydrogens (tertiary/aromatic N) is 2. The number of hydrogen-bond donors (Lipinski definition) is 0. The normalized spacial score (nSPS) is 30.4. The second kappa shape index (κ2) is 4.11. The van der Waals surface area contributed by atoms with Gasteiger partial charge in [0.2, 0.25) is 0 Å². The average Bonchev–Trinajstić information content (AvgIpc) is 2.03. The van der Waals surface area contributed by atoms with E-state index in [1.54, 1.807) is 0 Å². The summed E-state index contributed by atoms with van der Waals surface area (Å²) in [6.45, 7) is 9.82.